The molecule has 1 saturated carbocycles. The highest BCUT2D eigenvalue weighted by molar-refractivity contribution is 5.89. The Labute approximate surface area is 119 Å². The van der Waals surface area contributed by atoms with Crippen LogP contribution in [0.25, 0.3) is 0 Å². The first kappa shape index (κ1) is 13.6. The Balaban J connectivity index is 1.71. The van der Waals surface area contributed by atoms with E-state index in [0.717, 1.165) is 32.2 Å². The van der Waals surface area contributed by atoms with Gasteiger partial charge in [-0.25, -0.2) is 4.79 Å². The fourth-order valence-electron chi connectivity index (χ4n) is 3.63. The number of carbonyl (C=O) groups excluding carboxylic acids is 1. The highest BCUT2D eigenvalue weighted by Crippen LogP contribution is 2.51. The van der Waals surface area contributed by atoms with Gasteiger partial charge in [0.25, 0.3) is 0 Å². The molecule has 1 saturated heterocycles. The number of benzene rings is 1. The number of ether oxygens (including phenoxy) is 1. The van der Waals surface area contributed by atoms with Gasteiger partial charge in [0, 0.05) is 6.04 Å². The predicted molar refractivity (Wildman–Crippen MR) is 75.4 cm³/mol. The Hall–Kier alpha value is -1.39. The molecular weight excluding hydrogens is 254 g/mol. The van der Waals surface area contributed by atoms with Crippen LogP contribution in [0.3, 0.4) is 0 Å². The number of methoxy groups -OCH3 is 1. The highest BCUT2D eigenvalue weighted by atomic mass is 16.5. The molecule has 1 aromatic carbocycles. The molecule has 1 atom stereocenters. The zero-order valence-corrected chi connectivity index (χ0v) is 11.8. The topological polar surface area (TPSA) is 58.6 Å². The van der Waals surface area contributed by atoms with Crippen molar-refractivity contribution in [2.24, 2.45) is 5.41 Å². The number of aliphatic hydroxyl groups is 1. The number of esters is 1. The van der Waals surface area contributed by atoms with E-state index in [-0.39, 0.29) is 12.1 Å². The van der Waals surface area contributed by atoms with Crippen molar-refractivity contribution in [2.45, 2.75) is 37.8 Å². The van der Waals surface area contributed by atoms with E-state index < -0.39 is 0 Å². The normalized spacial score (nSPS) is 32.7. The maximum atomic E-state index is 11.4. The molecule has 0 radical (unpaired) electrons. The lowest BCUT2D eigenvalue weighted by Crippen LogP contribution is -2.48. The molecule has 1 aromatic rings. The van der Waals surface area contributed by atoms with Gasteiger partial charge in [-0.2, -0.15) is 0 Å². The van der Waals surface area contributed by atoms with E-state index in [4.69, 9.17) is 4.74 Å². The summed E-state index contributed by atoms with van der Waals surface area (Å²) in [7, 11) is 1.39. The van der Waals surface area contributed by atoms with Gasteiger partial charge >= 0.3 is 5.97 Å². The van der Waals surface area contributed by atoms with E-state index in [1.807, 2.05) is 24.3 Å². The quantitative estimate of drug-likeness (QED) is 0.811. The van der Waals surface area contributed by atoms with Crippen LogP contribution in [0.5, 0.6) is 0 Å². The summed E-state index contributed by atoms with van der Waals surface area (Å²) < 4.78 is 4.71. The summed E-state index contributed by atoms with van der Waals surface area (Å²) in [5, 5.41) is 13.1. The minimum Gasteiger partial charge on any atom is -0.465 e. The third-order valence-electron chi connectivity index (χ3n) is 4.75. The number of carbonyl (C=O) groups is 1. The van der Waals surface area contributed by atoms with Gasteiger partial charge in [0.15, 0.2) is 0 Å². The van der Waals surface area contributed by atoms with Gasteiger partial charge in [0.05, 0.1) is 18.8 Å². The summed E-state index contributed by atoms with van der Waals surface area (Å²) in [5.74, 6) is -0.299. The molecular formula is C16H21NO3. The molecule has 1 spiro atoms. The van der Waals surface area contributed by atoms with Crippen LogP contribution in [0, 0.1) is 5.41 Å². The summed E-state index contributed by atoms with van der Waals surface area (Å²) in [4.78, 5) is 11.4. The van der Waals surface area contributed by atoms with Crippen LogP contribution >= 0.6 is 0 Å². The number of aliphatic hydroxyl groups excluding tert-OH is 1. The first-order valence-electron chi connectivity index (χ1n) is 7.22. The average Bonchev–Trinajstić information content (AvgIpc) is 2.45. The summed E-state index contributed by atoms with van der Waals surface area (Å²) in [6, 6.07) is 7.96. The fraction of sp³-hybridized carbons (Fsp3) is 0.562. The lowest BCUT2D eigenvalue weighted by atomic mass is 9.60. The lowest BCUT2D eigenvalue weighted by Gasteiger charge is -2.50. The number of piperidine rings is 1. The standard InChI is InChI=1S/C16H21NO3/c1-20-15(19)12-4-2-11(3-5-12)14-10-16(6-7-17-14)8-13(18)9-16/h2-5,13-14,17-18H,6-10H2,1H3. The van der Waals surface area contributed by atoms with E-state index in [0.29, 0.717) is 17.0 Å². The van der Waals surface area contributed by atoms with Gasteiger partial charge in [-0.05, 0) is 55.3 Å². The lowest BCUT2D eigenvalue weighted by molar-refractivity contribution is -0.0590. The Kier molecular flexibility index (Phi) is 3.52. The SMILES string of the molecule is COC(=O)c1ccc(C2CC3(CCN2)CC(O)C3)cc1. The van der Waals surface area contributed by atoms with Crippen molar-refractivity contribution in [1.29, 1.82) is 0 Å². The minimum atomic E-state index is -0.299. The van der Waals surface area contributed by atoms with Crippen LogP contribution in [0.2, 0.25) is 0 Å². The second kappa shape index (κ2) is 5.19. The molecule has 1 aliphatic carbocycles. The molecule has 1 heterocycles. The Morgan fingerprint density at radius 3 is 2.60 bits per heavy atom. The van der Waals surface area contributed by atoms with Crippen molar-refractivity contribution in [3.05, 3.63) is 35.4 Å². The van der Waals surface area contributed by atoms with Gasteiger partial charge in [-0.1, -0.05) is 12.1 Å². The fourth-order valence-corrected chi connectivity index (χ4v) is 3.63. The van der Waals surface area contributed by atoms with E-state index in [1.165, 1.54) is 12.7 Å². The molecule has 0 amide bonds. The van der Waals surface area contributed by atoms with Crippen molar-refractivity contribution in [3.8, 4) is 0 Å². The second-order valence-corrected chi connectivity index (χ2v) is 6.14. The smallest absolute Gasteiger partial charge is 0.337 e. The first-order chi connectivity index (χ1) is 9.62. The predicted octanol–water partition coefficient (Wildman–Crippen LogP) is 2.04. The summed E-state index contributed by atoms with van der Waals surface area (Å²) in [5.41, 5.74) is 2.12. The zero-order chi connectivity index (χ0) is 14.2. The van der Waals surface area contributed by atoms with Crippen LogP contribution in [0.15, 0.2) is 24.3 Å². The Morgan fingerprint density at radius 2 is 2.00 bits per heavy atom. The summed E-state index contributed by atoms with van der Waals surface area (Å²) >= 11 is 0. The van der Waals surface area contributed by atoms with Gasteiger partial charge in [0.2, 0.25) is 0 Å². The van der Waals surface area contributed by atoms with E-state index in [9.17, 15) is 9.90 Å². The Morgan fingerprint density at radius 1 is 1.30 bits per heavy atom. The number of rotatable bonds is 2. The van der Waals surface area contributed by atoms with Crippen LogP contribution in [0.1, 0.15) is 47.6 Å². The van der Waals surface area contributed by atoms with Gasteiger partial charge < -0.3 is 15.2 Å². The number of hydrogen-bond donors (Lipinski definition) is 2. The number of nitrogens with one attached hydrogen (secondary N) is 1. The molecule has 0 bridgehead atoms. The molecule has 1 aliphatic heterocycles. The molecule has 108 valence electrons. The van der Waals surface area contributed by atoms with Crippen molar-refractivity contribution in [2.75, 3.05) is 13.7 Å². The van der Waals surface area contributed by atoms with Crippen LogP contribution in [-0.4, -0.2) is 30.8 Å². The molecule has 4 heteroatoms. The van der Waals surface area contributed by atoms with Crippen LogP contribution in [0.4, 0.5) is 0 Å². The van der Waals surface area contributed by atoms with Gasteiger partial charge in [-0.15, -0.1) is 0 Å². The van der Waals surface area contributed by atoms with E-state index in [1.54, 1.807) is 0 Å². The van der Waals surface area contributed by atoms with Crippen molar-refractivity contribution >= 4 is 5.97 Å². The highest BCUT2D eigenvalue weighted by Gasteiger charge is 2.46. The van der Waals surface area contributed by atoms with Crippen molar-refractivity contribution in [3.63, 3.8) is 0 Å². The molecule has 4 nitrogen and oxygen atoms in total. The van der Waals surface area contributed by atoms with E-state index >= 15 is 0 Å². The molecule has 3 rings (SSSR count). The molecule has 2 aliphatic rings. The molecule has 20 heavy (non-hydrogen) atoms. The van der Waals surface area contributed by atoms with Crippen LogP contribution < -0.4 is 5.32 Å². The van der Waals surface area contributed by atoms with E-state index in [2.05, 4.69) is 5.32 Å². The Bertz CT molecular complexity index is 485. The third-order valence-corrected chi connectivity index (χ3v) is 4.75. The van der Waals surface area contributed by atoms with Gasteiger partial charge in [0.1, 0.15) is 0 Å². The largest absolute Gasteiger partial charge is 0.465 e. The molecule has 1 unspecified atom stereocenters. The maximum Gasteiger partial charge on any atom is 0.337 e. The maximum absolute atomic E-state index is 11.4. The first-order valence-corrected chi connectivity index (χ1v) is 7.22. The molecule has 0 aromatic heterocycles. The summed E-state index contributed by atoms with van der Waals surface area (Å²) in [6.45, 7) is 0.996. The average molecular weight is 275 g/mol. The minimum absolute atomic E-state index is 0.101. The van der Waals surface area contributed by atoms with Gasteiger partial charge in [-0.3, -0.25) is 0 Å². The molecule has 2 fully saturated rings. The number of hydrogen-bond acceptors (Lipinski definition) is 4. The third kappa shape index (κ3) is 2.45. The molecule has 2 N–H and O–H groups in total. The second-order valence-electron chi connectivity index (χ2n) is 6.14. The van der Waals surface area contributed by atoms with Crippen molar-refractivity contribution < 1.29 is 14.6 Å². The van der Waals surface area contributed by atoms with Crippen molar-refractivity contribution in [1.82, 2.24) is 5.32 Å². The van der Waals surface area contributed by atoms with Crippen LogP contribution in [-0.2, 0) is 4.74 Å². The summed E-state index contributed by atoms with van der Waals surface area (Å²) in [6.07, 6.45) is 4.00. The zero-order valence-electron chi connectivity index (χ0n) is 11.8. The monoisotopic (exact) mass is 275 g/mol.